The summed E-state index contributed by atoms with van der Waals surface area (Å²) in [6.07, 6.45) is 0. The molecule has 0 amide bonds. The number of hydrogen-bond donors (Lipinski definition) is 0. The van der Waals surface area contributed by atoms with E-state index in [4.69, 9.17) is 0 Å². The molecular weight excluding hydrogens is 773 g/mol. The second-order valence-corrected chi connectivity index (χ2v) is 17.2. The molecule has 0 radical (unpaired) electrons. The summed E-state index contributed by atoms with van der Waals surface area (Å²) in [6, 6.07) is 85.2. The van der Waals surface area contributed by atoms with Gasteiger partial charge in [0.2, 0.25) is 0 Å². The first-order chi connectivity index (χ1) is 31.8. The number of hydrogen-bond acceptors (Lipinski definition) is 0. The van der Waals surface area contributed by atoms with Gasteiger partial charge in [0.15, 0.2) is 0 Å². The minimum absolute atomic E-state index is 1.16. The van der Waals surface area contributed by atoms with Crippen LogP contribution in [0.3, 0.4) is 0 Å². The van der Waals surface area contributed by atoms with Gasteiger partial charge in [-0.1, -0.05) is 188 Å². The van der Waals surface area contributed by atoms with Gasteiger partial charge >= 0.3 is 0 Å². The molecule has 0 bridgehead atoms. The van der Waals surface area contributed by atoms with Crippen LogP contribution in [0.2, 0.25) is 0 Å². The maximum absolute atomic E-state index is 2.51. The average molecular weight is 811 g/mol. The standard InChI is InChI=1S/C62H38N2/c1-2-14-44(15-3-1)63-58-24-11-9-20-50(58)51-32-30-43(38-60(51)63)42-31-36-59-56(37-42)55-33-29-39-13-4-5-17-47(39)62(55)64(59)57-23-10-8-16-46(57)41-27-25-40(26-28-41)45-34-35-54-49-19-7-6-18-48(49)53-22-12-21-52(45)61(53)54/h1-38H. The van der Waals surface area contributed by atoms with E-state index in [-0.39, 0.29) is 0 Å². The Hall–Kier alpha value is -8.46. The molecular formula is C62H38N2. The van der Waals surface area contributed by atoms with E-state index in [2.05, 4.69) is 240 Å². The first-order valence-corrected chi connectivity index (χ1v) is 22.2. The highest BCUT2D eigenvalue weighted by Gasteiger charge is 2.23. The molecule has 0 fully saturated rings. The molecule has 1 aliphatic carbocycles. The molecule has 11 aromatic carbocycles. The van der Waals surface area contributed by atoms with Crippen LogP contribution < -0.4 is 0 Å². The highest BCUT2D eigenvalue weighted by molar-refractivity contribution is 6.21. The highest BCUT2D eigenvalue weighted by Crippen LogP contribution is 2.49. The summed E-state index contributed by atoms with van der Waals surface area (Å²) in [5.41, 5.74) is 19.7. The molecule has 0 spiro atoms. The van der Waals surface area contributed by atoms with Gasteiger partial charge in [-0.25, -0.2) is 0 Å². The van der Waals surface area contributed by atoms with Crippen molar-refractivity contribution < 1.29 is 0 Å². The minimum atomic E-state index is 1.16. The van der Waals surface area contributed by atoms with Crippen LogP contribution >= 0.6 is 0 Å². The van der Waals surface area contributed by atoms with Crippen molar-refractivity contribution in [3.63, 3.8) is 0 Å². The van der Waals surface area contributed by atoms with Crippen LogP contribution in [0.5, 0.6) is 0 Å². The Bertz CT molecular complexity index is 4020. The number of benzene rings is 11. The lowest BCUT2D eigenvalue weighted by Gasteiger charge is -2.16. The van der Waals surface area contributed by atoms with E-state index >= 15 is 0 Å². The van der Waals surface area contributed by atoms with Gasteiger partial charge in [0.25, 0.3) is 0 Å². The largest absolute Gasteiger partial charge is 0.309 e. The van der Waals surface area contributed by atoms with Crippen LogP contribution in [0.1, 0.15) is 0 Å². The molecule has 296 valence electrons. The third-order valence-corrected chi connectivity index (χ3v) is 13.9. The first kappa shape index (κ1) is 35.2. The van der Waals surface area contributed by atoms with E-state index in [1.54, 1.807) is 0 Å². The van der Waals surface area contributed by atoms with E-state index in [1.165, 1.54) is 121 Å². The molecule has 1 aliphatic rings. The Morgan fingerprint density at radius 2 is 0.812 bits per heavy atom. The van der Waals surface area contributed by atoms with Gasteiger partial charge in [0.1, 0.15) is 0 Å². The van der Waals surface area contributed by atoms with Gasteiger partial charge in [-0.2, -0.15) is 0 Å². The molecule has 0 saturated carbocycles. The topological polar surface area (TPSA) is 9.86 Å². The number of nitrogens with zero attached hydrogens (tertiary/aromatic N) is 2. The summed E-state index contributed by atoms with van der Waals surface area (Å²) >= 11 is 0. The second-order valence-electron chi connectivity index (χ2n) is 17.2. The predicted octanol–water partition coefficient (Wildman–Crippen LogP) is 16.8. The highest BCUT2D eigenvalue weighted by atomic mass is 15.0. The maximum atomic E-state index is 2.51. The van der Waals surface area contributed by atoms with Gasteiger partial charge in [0.05, 0.1) is 27.8 Å². The smallest absolute Gasteiger partial charge is 0.0619 e. The Morgan fingerprint density at radius 3 is 1.66 bits per heavy atom. The van der Waals surface area contributed by atoms with Crippen molar-refractivity contribution in [1.82, 2.24) is 9.13 Å². The van der Waals surface area contributed by atoms with Crippen LogP contribution in [-0.2, 0) is 0 Å². The fraction of sp³-hybridized carbons (Fsp3) is 0. The molecule has 0 atom stereocenters. The molecule has 64 heavy (non-hydrogen) atoms. The normalized spacial score (nSPS) is 12.1. The number of rotatable bonds is 5. The predicted molar refractivity (Wildman–Crippen MR) is 271 cm³/mol. The summed E-state index contributed by atoms with van der Waals surface area (Å²) < 4.78 is 4.91. The van der Waals surface area contributed by atoms with Gasteiger partial charge < -0.3 is 9.13 Å². The third kappa shape index (κ3) is 5.02. The lowest BCUT2D eigenvalue weighted by atomic mass is 9.93. The second kappa shape index (κ2) is 13.5. The number of para-hydroxylation sites is 3. The summed E-state index contributed by atoms with van der Waals surface area (Å²) in [5.74, 6) is 0. The Labute approximate surface area is 370 Å². The number of fused-ring (bicyclic) bond motifs is 11. The third-order valence-electron chi connectivity index (χ3n) is 13.9. The summed E-state index contributed by atoms with van der Waals surface area (Å²) in [6.45, 7) is 0. The Balaban J connectivity index is 0.928. The van der Waals surface area contributed by atoms with Crippen molar-refractivity contribution in [1.29, 1.82) is 0 Å². The fourth-order valence-corrected chi connectivity index (χ4v) is 11.0. The van der Waals surface area contributed by atoms with Crippen molar-refractivity contribution in [2.75, 3.05) is 0 Å². The summed E-state index contributed by atoms with van der Waals surface area (Å²) in [5, 5.41) is 10.1. The molecule has 2 nitrogen and oxygen atoms in total. The van der Waals surface area contributed by atoms with Crippen LogP contribution in [0, 0.1) is 0 Å². The number of aromatic nitrogens is 2. The van der Waals surface area contributed by atoms with Crippen molar-refractivity contribution in [2.24, 2.45) is 0 Å². The van der Waals surface area contributed by atoms with Crippen molar-refractivity contribution in [2.45, 2.75) is 0 Å². The molecule has 14 rings (SSSR count). The van der Waals surface area contributed by atoms with E-state index in [0.717, 1.165) is 11.4 Å². The van der Waals surface area contributed by atoms with E-state index in [0.29, 0.717) is 0 Å². The van der Waals surface area contributed by atoms with Crippen molar-refractivity contribution >= 4 is 65.2 Å². The average Bonchev–Trinajstić information content (AvgIpc) is 4.00. The Kier molecular flexibility index (Phi) is 7.43. The van der Waals surface area contributed by atoms with Gasteiger partial charge in [-0.3, -0.25) is 0 Å². The first-order valence-electron chi connectivity index (χ1n) is 22.2. The van der Waals surface area contributed by atoms with Gasteiger partial charge in [-0.15, -0.1) is 0 Å². The van der Waals surface area contributed by atoms with Gasteiger partial charge in [-0.05, 0) is 109 Å². The zero-order chi connectivity index (χ0) is 41.9. The maximum Gasteiger partial charge on any atom is 0.0619 e. The monoisotopic (exact) mass is 810 g/mol. The SMILES string of the molecule is c1ccc(-n2c3ccccc3c3ccc(-c4ccc5c(c4)c4ccc6ccccc6c4n5-c4ccccc4-c4ccc(-c5ccc6c7c(cccc57)-c5ccccc5-6)cc4)cc32)cc1. The molecule has 0 N–H and O–H groups in total. The lowest BCUT2D eigenvalue weighted by molar-refractivity contribution is 1.18. The molecule has 0 aliphatic heterocycles. The zero-order valence-electron chi connectivity index (χ0n) is 34.8. The molecule has 13 aromatic rings. The van der Waals surface area contributed by atoms with Crippen LogP contribution in [-0.4, -0.2) is 9.13 Å². The lowest BCUT2D eigenvalue weighted by Crippen LogP contribution is -1.98. The van der Waals surface area contributed by atoms with E-state index in [9.17, 15) is 0 Å². The Morgan fingerprint density at radius 1 is 0.250 bits per heavy atom. The summed E-state index contributed by atoms with van der Waals surface area (Å²) in [4.78, 5) is 0. The van der Waals surface area contributed by atoms with Crippen LogP contribution in [0.4, 0.5) is 0 Å². The molecule has 2 aromatic heterocycles. The molecule has 2 heterocycles. The van der Waals surface area contributed by atoms with Gasteiger partial charge in [0, 0.05) is 38.2 Å². The van der Waals surface area contributed by atoms with E-state index in [1.807, 2.05) is 0 Å². The zero-order valence-corrected chi connectivity index (χ0v) is 34.8. The van der Waals surface area contributed by atoms with Crippen LogP contribution in [0.15, 0.2) is 231 Å². The quantitative estimate of drug-likeness (QED) is 0.164. The molecule has 2 heteroatoms. The minimum Gasteiger partial charge on any atom is -0.309 e. The van der Waals surface area contributed by atoms with Crippen molar-refractivity contribution in [3.05, 3.63) is 231 Å². The molecule has 0 unspecified atom stereocenters. The molecule has 0 saturated heterocycles. The fourth-order valence-electron chi connectivity index (χ4n) is 11.0. The van der Waals surface area contributed by atoms with Crippen LogP contribution in [0.25, 0.3) is 132 Å². The van der Waals surface area contributed by atoms with E-state index < -0.39 is 0 Å². The van der Waals surface area contributed by atoms with Crippen molar-refractivity contribution in [3.8, 4) is 67.0 Å². The summed E-state index contributed by atoms with van der Waals surface area (Å²) in [7, 11) is 0.